The van der Waals surface area contributed by atoms with Crippen LogP contribution in [-0.2, 0) is 32.2 Å². The highest BCUT2D eigenvalue weighted by atomic mass is 16.7. The van der Waals surface area contributed by atoms with Crippen LogP contribution in [0.1, 0.15) is 31.3 Å². The van der Waals surface area contributed by atoms with Crippen LogP contribution in [0.4, 0.5) is 0 Å². The number of phenols is 1. The summed E-state index contributed by atoms with van der Waals surface area (Å²) in [5.41, 5.74) is 1.25. The Hall–Kier alpha value is -3.25. The number of aliphatic hydroxyl groups excluding tert-OH is 2. The van der Waals surface area contributed by atoms with Crippen LogP contribution in [0.3, 0.4) is 0 Å². The Labute approximate surface area is 210 Å². The third-order valence-electron chi connectivity index (χ3n) is 7.13. The average molecular weight is 494 g/mol. The summed E-state index contributed by atoms with van der Waals surface area (Å²) in [6, 6.07) is 1.15. The fourth-order valence-electron chi connectivity index (χ4n) is 5.64. The summed E-state index contributed by atoms with van der Waals surface area (Å²) in [4.78, 5) is 45.2. The molecule has 35 heavy (non-hydrogen) atoms. The molecule has 3 aliphatic rings. The van der Waals surface area contributed by atoms with E-state index in [0.29, 0.717) is 0 Å². The van der Waals surface area contributed by atoms with Crippen molar-refractivity contribution in [3.05, 3.63) is 45.7 Å². The molecule has 11 nitrogen and oxygen atoms in total. The molecule has 188 valence electrons. The zero-order valence-corrected chi connectivity index (χ0v) is 18.9. The maximum atomic E-state index is 13.9. The predicted octanol–water partition coefficient (Wildman–Crippen LogP) is -0.0428. The highest BCUT2D eigenvalue weighted by molar-refractivity contribution is 6.24. The highest BCUT2D eigenvalue weighted by Crippen LogP contribution is 2.52. The summed E-state index contributed by atoms with van der Waals surface area (Å²) < 4.78 is 45.0. The molecule has 0 unspecified atom stereocenters. The molecule has 0 saturated heterocycles. The van der Waals surface area contributed by atoms with Crippen molar-refractivity contribution in [3.63, 3.8) is 0 Å². The van der Waals surface area contributed by atoms with Gasteiger partial charge in [-0.05, 0) is 50.0 Å². The zero-order chi connectivity index (χ0) is 31.0. The van der Waals surface area contributed by atoms with Crippen LogP contribution in [-0.4, -0.2) is 87.6 Å². The number of likely N-dealkylation sites (N-methyl/N-ethyl adjacent to an activating group) is 1. The zero-order valence-electron chi connectivity index (χ0n) is 24.9. The van der Waals surface area contributed by atoms with Crippen LogP contribution < -0.4 is 5.73 Å². The van der Waals surface area contributed by atoms with Crippen LogP contribution in [0.5, 0.6) is 5.75 Å². The molecule has 0 radical (unpaired) electrons. The van der Waals surface area contributed by atoms with Gasteiger partial charge in [0.1, 0.15) is 22.8 Å². The molecule has 1 aromatic rings. The number of Topliss-reactive ketones (excluding diaryl/α,β-unsaturated/α-hetero) is 2. The number of nitrogens with zero attached hydrogens (tertiary/aromatic N) is 2. The normalized spacial score (nSPS) is 31.6. The molecule has 0 aromatic heterocycles. The lowest BCUT2D eigenvalue weighted by Gasteiger charge is -2.50. The van der Waals surface area contributed by atoms with E-state index in [1.807, 2.05) is 0 Å². The van der Waals surface area contributed by atoms with Gasteiger partial charge in [0.25, 0.3) is 5.91 Å². The Bertz CT molecular complexity index is 1400. The first kappa shape index (κ1) is 18.1. The summed E-state index contributed by atoms with van der Waals surface area (Å²) in [6.07, 6.45) is -0.281. The number of nitrogens with two attached hydrogens (primary N) is 1. The van der Waals surface area contributed by atoms with Crippen molar-refractivity contribution < 1.29 is 47.9 Å². The van der Waals surface area contributed by atoms with Crippen LogP contribution in [0.15, 0.2) is 29.0 Å². The molecule has 0 aliphatic heterocycles. The number of fused-ring (bicyclic) bond motifs is 3. The van der Waals surface area contributed by atoms with Gasteiger partial charge in [0.05, 0.1) is 22.8 Å². The summed E-state index contributed by atoms with van der Waals surface area (Å²) in [5.74, 6) is -8.13. The van der Waals surface area contributed by atoms with Crippen molar-refractivity contribution in [3.8, 4) is 5.75 Å². The minimum Gasteiger partial charge on any atom is -0.508 e. The molecule has 4 atom stereocenters. The topological polar surface area (TPSA) is 174 Å². The maximum Gasteiger partial charge on any atom is 0.255 e. The number of hydrogen-bond acceptors (Lipinski definition) is 10. The molecule has 1 amide bonds. The first-order valence-electron chi connectivity index (χ1n) is 13.7. The van der Waals surface area contributed by atoms with Gasteiger partial charge in [-0.3, -0.25) is 19.3 Å². The number of aliphatic hydroxyl groups is 3. The van der Waals surface area contributed by atoms with E-state index >= 15 is 0 Å². The Kier molecular flexibility index (Phi) is 4.37. The number of benzene rings is 1. The van der Waals surface area contributed by atoms with Gasteiger partial charge in [0.15, 0.2) is 11.4 Å². The minimum atomic E-state index is -3.10. The van der Waals surface area contributed by atoms with Crippen molar-refractivity contribution in [1.29, 1.82) is 0 Å². The Morgan fingerprint density at radius 1 is 1.29 bits per heavy atom. The molecule has 0 bridgehead atoms. The summed E-state index contributed by atoms with van der Waals surface area (Å²) in [7, 11) is -0.162. The van der Waals surface area contributed by atoms with Gasteiger partial charge in [-0.1, -0.05) is 6.07 Å². The maximum absolute atomic E-state index is 13.9. The molecule has 11 heteroatoms. The second-order valence-electron chi connectivity index (χ2n) is 9.19. The van der Waals surface area contributed by atoms with Crippen molar-refractivity contribution in [1.82, 2.24) is 9.96 Å². The molecule has 1 fully saturated rings. The Morgan fingerprint density at radius 2 is 2.00 bits per heavy atom. The van der Waals surface area contributed by atoms with Crippen molar-refractivity contribution in [2.24, 2.45) is 17.6 Å². The molecule has 6 N–H and O–H groups in total. The monoisotopic (exact) mass is 493 g/mol. The van der Waals surface area contributed by atoms with Crippen molar-refractivity contribution in [2.75, 3.05) is 28.1 Å². The van der Waals surface area contributed by atoms with Gasteiger partial charge >= 0.3 is 0 Å². The number of ketones is 2. The van der Waals surface area contributed by atoms with E-state index in [1.54, 1.807) is 0 Å². The number of amides is 1. The minimum absolute atomic E-state index is 0.110. The molecule has 0 heterocycles. The first-order valence-corrected chi connectivity index (χ1v) is 10.7. The highest BCUT2D eigenvalue weighted by Gasteiger charge is 2.64. The molecule has 1 saturated carbocycles. The number of carbonyl (C=O) groups excluding carboxylic acids is 3. The van der Waals surface area contributed by atoms with E-state index in [-0.39, 0.29) is 40.2 Å². The van der Waals surface area contributed by atoms with Crippen LogP contribution in [0, 0.1) is 11.8 Å². The lowest BCUT2D eigenvalue weighted by molar-refractivity contribution is -0.153. The standard InChI is InChI=1S/C24H29N3O8/c1-26(2)18-13-8-11-7-12-10(9-27(3)35-4)5-6-14(28)16(12)19(29)15(11)21(31)24(13,34)22(32)17(20(18)30)23(25)33/h5-6,11,13,18,28-29,32,34H,7-9H2,1-4H3,(H2,25,33)/t11-,13-,18-,24-/m0/s1/i3D3,4D3. The van der Waals surface area contributed by atoms with Gasteiger partial charge in [-0.25, -0.2) is 0 Å². The summed E-state index contributed by atoms with van der Waals surface area (Å²) >= 11 is 0. The van der Waals surface area contributed by atoms with E-state index in [9.17, 15) is 34.8 Å². The summed E-state index contributed by atoms with van der Waals surface area (Å²) in [5, 5.41) is 44.7. The van der Waals surface area contributed by atoms with Gasteiger partial charge in [0, 0.05) is 29.1 Å². The van der Waals surface area contributed by atoms with Crippen molar-refractivity contribution in [2.45, 2.75) is 31.0 Å². The number of carbonyl (C=O) groups is 3. The van der Waals surface area contributed by atoms with E-state index in [1.165, 1.54) is 25.1 Å². The molecule has 1 aromatic carbocycles. The van der Waals surface area contributed by atoms with E-state index in [4.69, 9.17) is 14.0 Å². The number of aromatic hydroxyl groups is 1. The smallest absolute Gasteiger partial charge is 0.255 e. The SMILES string of the molecule is [2H]C([2H])([2H])ON(Cc1ccc(O)c2c1C[C@H]1C[C@H]3[C@H](N(C)C)C(=O)C(C(N)=O)=C(O)[C@@]3(O)C(=O)C1=C2O)C([2H])([2H])[2H]. The number of hydroxylamine groups is 2. The van der Waals surface area contributed by atoms with Gasteiger partial charge in [-0.15, -0.1) is 0 Å². The number of hydrogen-bond donors (Lipinski definition) is 5. The number of phenolic OH excluding ortho intramolecular Hbond substituents is 1. The third-order valence-corrected chi connectivity index (χ3v) is 7.13. The Balaban J connectivity index is 1.89. The fourth-order valence-corrected chi connectivity index (χ4v) is 5.64. The number of rotatable bonds is 5. The first-order chi connectivity index (χ1) is 18.7. The quantitative estimate of drug-likeness (QED) is 0.276. The van der Waals surface area contributed by atoms with Gasteiger partial charge in [-0.2, -0.15) is 5.06 Å². The Morgan fingerprint density at radius 3 is 2.60 bits per heavy atom. The predicted molar refractivity (Wildman–Crippen MR) is 123 cm³/mol. The lowest BCUT2D eigenvalue weighted by Crippen LogP contribution is -2.65. The molecule has 4 rings (SSSR count). The van der Waals surface area contributed by atoms with E-state index in [0.717, 1.165) is 6.07 Å². The van der Waals surface area contributed by atoms with Crippen LogP contribution >= 0.6 is 0 Å². The van der Waals surface area contributed by atoms with Crippen LogP contribution in [0.25, 0.3) is 5.76 Å². The molecule has 3 aliphatic carbocycles. The van der Waals surface area contributed by atoms with E-state index in [2.05, 4.69) is 4.84 Å². The molecular weight excluding hydrogens is 458 g/mol. The molecular formula is C24H29N3O8. The molecule has 0 spiro atoms. The summed E-state index contributed by atoms with van der Waals surface area (Å²) in [6.45, 7) is -3.63. The third kappa shape index (κ3) is 3.46. The van der Waals surface area contributed by atoms with Gasteiger partial charge in [0.2, 0.25) is 5.78 Å². The second-order valence-corrected chi connectivity index (χ2v) is 9.19. The van der Waals surface area contributed by atoms with Gasteiger partial charge < -0.3 is 31.0 Å². The lowest BCUT2D eigenvalue weighted by atomic mass is 9.57. The fraction of sp³-hybridized carbons (Fsp3) is 0.458. The van der Waals surface area contributed by atoms with E-state index < -0.39 is 84.4 Å². The van der Waals surface area contributed by atoms with Crippen molar-refractivity contribution >= 4 is 23.2 Å². The largest absolute Gasteiger partial charge is 0.508 e. The average Bonchev–Trinajstić information content (AvgIpc) is 2.80. The number of primary amides is 1. The second kappa shape index (κ2) is 8.45. The van der Waals surface area contributed by atoms with Crippen LogP contribution in [0.2, 0.25) is 0 Å².